The van der Waals surface area contributed by atoms with Crippen LogP contribution in [-0.2, 0) is 4.74 Å². The van der Waals surface area contributed by atoms with E-state index in [1.165, 1.54) is 19.3 Å². The Morgan fingerprint density at radius 3 is 2.60 bits per heavy atom. The predicted octanol–water partition coefficient (Wildman–Crippen LogP) is 2.52. The highest BCUT2D eigenvalue weighted by Crippen LogP contribution is 2.44. The van der Waals surface area contributed by atoms with Crippen molar-refractivity contribution in [2.45, 2.75) is 38.5 Å². The van der Waals surface area contributed by atoms with Crippen LogP contribution >= 0.6 is 0 Å². The van der Waals surface area contributed by atoms with Gasteiger partial charge in [-0.3, -0.25) is 4.99 Å². The zero-order valence-electron chi connectivity index (χ0n) is 15.6. The van der Waals surface area contributed by atoms with Crippen LogP contribution in [0.15, 0.2) is 35.3 Å². The highest BCUT2D eigenvalue weighted by molar-refractivity contribution is 5.79. The van der Waals surface area contributed by atoms with Crippen LogP contribution in [-0.4, -0.2) is 51.0 Å². The van der Waals surface area contributed by atoms with E-state index in [0.717, 1.165) is 37.6 Å². The number of guanidine groups is 1. The summed E-state index contributed by atoms with van der Waals surface area (Å²) in [5.74, 6) is 0.900. The van der Waals surface area contributed by atoms with Gasteiger partial charge in [0.25, 0.3) is 0 Å². The van der Waals surface area contributed by atoms with E-state index >= 15 is 0 Å². The molecule has 1 saturated carbocycles. The molecular formula is C20H33N3O2. The van der Waals surface area contributed by atoms with Crippen molar-refractivity contribution in [1.82, 2.24) is 10.6 Å². The van der Waals surface area contributed by atoms with E-state index in [9.17, 15) is 5.11 Å². The molecule has 0 saturated heterocycles. The number of hydrogen-bond donors (Lipinski definition) is 3. The lowest BCUT2D eigenvalue weighted by molar-refractivity contribution is 0.0778. The number of aliphatic hydroxyl groups excluding tert-OH is 1. The van der Waals surface area contributed by atoms with Gasteiger partial charge in [0, 0.05) is 39.3 Å². The normalized spacial score (nSPS) is 17.6. The Kier molecular flexibility index (Phi) is 8.22. The maximum Gasteiger partial charge on any atom is 0.191 e. The summed E-state index contributed by atoms with van der Waals surface area (Å²) in [7, 11) is 1.76. The first kappa shape index (κ1) is 19.7. The van der Waals surface area contributed by atoms with Crippen LogP contribution in [0.5, 0.6) is 0 Å². The van der Waals surface area contributed by atoms with Crippen LogP contribution < -0.4 is 10.6 Å². The Morgan fingerprint density at radius 2 is 2.04 bits per heavy atom. The summed E-state index contributed by atoms with van der Waals surface area (Å²) < 4.78 is 5.26. The molecule has 0 aromatic heterocycles. The fourth-order valence-electron chi connectivity index (χ4n) is 3.30. The molecule has 0 spiro atoms. The number of nitrogens with one attached hydrogen (secondary N) is 2. The van der Waals surface area contributed by atoms with Crippen LogP contribution in [0.3, 0.4) is 0 Å². The lowest BCUT2D eigenvalue weighted by atomic mass is 9.67. The minimum absolute atomic E-state index is 0.0659. The molecule has 1 aromatic carbocycles. The van der Waals surface area contributed by atoms with Gasteiger partial charge in [0.15, 0.2) is 5.96 Å². The summed E-state index contributed by atoms with van der Waals surface area (Å²) >= 11 is 0. The lowest BCUT2D eigenvalue weighted by Crippen LogP contribution is -2.42. The summed E-state index contributed by atoms with van der Waals surface area (Å²) in [6.07, 6.45) is 4.85. The molecule has 5 nitrogen and oxygen atoms in total. The molecular weight excluding hydrogens is 314 g/mol. The van der Waals surface area contributed by atoms with E-state index in [1.807, 2.05) is 18.2 Å². The number of benzene rings is 1. The molecule has 1 aliphatic rings. The molecule has 2 rings (SSSR count). The zero-order valence-corrected chi connectivity index (χ0v) is 15.6. The first-order valence-electron chi connectivity index (χ1n) is 9.40. The van der Waals surface area contributed by atoms with Crippen molar-refractivity contribution < 1.29 is 9.84 Å². The number of aliphatic hydroxyl groups is 1. The fraction of sp³-hybridized carbons (Fsp3) is 0.650. The topological polar surface area (TPSA) is 65.9 Å². The van der Waals surface area contributed by atoms with Gasteiger partial charge < -0.3 is 20.5 Å². The Balaban J connectivity index is 1.92. The second kappa shape index (κ2) is 10.4. The molecule has 0 aliphatic heterocycles. The smallest absolute Gasteiger partial charge is 0.191 e. The summed E-state index contributed by atoms with van der Waals surface area (Å²) in [5, 5.41) is 16.4. The first-order chi connectivity index (χ1) is 12.2. The molecule has 3 N–H and O–H groups in total. The molecule has 0 amide bonds. The molecule has 0 radical (unpaired) electrons. The number of nitrogens with zero attached hydrogens (tertiary/aromatic N) is 1. The summed E-state index contributed by atoms with van der Waals surface area (Å²) in [5.41, 5.74) is 1.46. The van der Waals surface area contributed by atoms with Crippen molar-refractivity contribution in [2.75, 3.05) is 40.0 Å². The van der Waals surface area contributed by atoms with Crippen LogP contribution in [0.1, 0.15) is 44.1 Å². The van der Waals surface area contributed by atoms with E-state index in [-0.39, 0.29) is 12.5 Å². The largest absolute Gasteiger partial charge is 0.396 e. The lowest BCUT2D eigenvalue weighted by Gasteiger charge is -2.40. The molecule has 1 unspecified atom stereocenters. The van der Waals surface area contributed by atoms with Gasteiger partial charge in [-0.2, -0.15) is 0 Å². The third kappa shape index (κ3) is 6.01. The third-order valence-electron chi connectivity index (χ3n) is 5.17. The van der Waals surface area contributed by atoms with Gasteiger partial charge >= 0.3 is 0 Å². The molecule has 5 heteroatoms. The molecule has 1 aliphatic carbocycles. The Labute approximate surface area is 151 Å². The van der Waals surface area contributed by atoms with Crippen molar-refractivity contribution in [1.29, 1.82) is 0 Å². The molecule has 140 valence electrons. The fourth-order valence-corrected chi connectivity index (χ4v) is 3.30. The van der Waals surface area contributed by atoms with Crippen LogP contribution in [0.25, 0.3) is 0 Å². The molecule has 25 heavy (non-hydrogen) atoms. The van der Waals surface area contributed by atoms with Crippen molar-refractivity contribution in [3.05, 3.63) is 35.9 Å². The van der Waals surface area contributed by atoms with Gasteiger partial charge in [-0.15, -0.1) is 0 Å². The summed E-state index contributed by atoms with van der Waals surface area (Å²) in [6, 6.07) is 10.1. The number of methoxy groups -OCH3 is 1. The van der Waals surface area contributed by atoms with Gasteiger partial charge in [0.2, 0.25) is 0 Å². The van der Waals surface area contributed by atoms with Crippen molar-refractivity contribution in [3.63, 3.8) is 0 Å². The van der Waals surface area contributed by atoms with E-state index < -0.39 is 0 Å². The van der Waals surface area contributed by atoms with Crippen molar-refractivity contribution in [3.8, 4) is 0 Å². The summed E-state index contributed by atoms with van der Waals surface area (Å²) in [4.78, 5) is 4.82. The van der Waals surface area contributed by atoms with Crippen molar-refractivity contribution >= 4 is 5.96 Å². The monoisotopic (exact) mass is 347 g/mol. The predicted molar refractivity (Wildman–Crippen MR) is 103 cm³/mol. The SMILES string of the molecule is CCNC(=NCC1(CCOC)CCC1)NCC(CO)c1ccccc1. The minimum Gasteiger partial charge on any atom is -0.396 e. The number of hydrogen-bond acceptors (Lipinski definition) is 3. The molecule has 0 bridgehead atoms. The molecule has 0 heterocycles. The first-order valence-corrected chi connectivity index (χ1v) is 9.40. The van der Waals surface area contributed by atoms with E-state index in [2.05, 4.69) is 29.7 Å². The quantitative estimate of drug-likeness (QED) is 0.449. The molecule has 1 fully saturated rings. The zero-order chi connectivity index (χ0) is 18.0. The van der Waals surface area contributed by atoms with E-state index in [1.54, 1.807) is 7.11 Å². The van der Waals surface area contributed by atoms with Gasteiger partial charge in [0.05, 0.1) is 6.61 Å². The third-order valence-corrected chi connectivity index (χ3v) is 5.17. The number of aliphatic imine (C=N–C) groups is 1. The molecule has 1 atom stereocenters. The van der Waals surface area contributed by atoms with Gasteiger partial charge in [-0.25, -0.2) is 0 Å². The number of ether oxygens (including phenoxy) is 1. The second-order valence-corrected chi connectivity index (χ2v) is 6.96. The van der Waals surface area contributed by atoms with E-state index in [0.29, 0.717) is 12.0 Å². The standard InChI is InChI=1S/C20H33N3O2/c1-3-21-19(23-16-20(10-7-11-20)12-13-25-2)22-14-18(15-24)17-8-5-4-6-9-17/h4-6,8-9,18,24H,3,7,10-16H2,1-2H3,(H2,21,22,23). The highest BCUT2D eigenvalue weighted by Gasteiger charge is 2.36. The summed E-state index contributed by atoms with van der Waals surface area (Å²) in [6.45, 7) is 5.32. The Bertz CT molecular complexity index is 515. The number of rotatable bonds is 10. The van der Waals surface area contributed by atoms with Gasteiger partial charge in [-0.1, -0.05) is 36.8 Å². The Hall–Kier alpha value is -1.59. The highest BCUT2D eigenvalue weighted by atomic mass is 16.5. The average molecular weight is 348 g/mol. The van der Waals surface area contributed by atoms with Crippen molar-refractivity contribution in [2.24, 2.45) is 10.4 Å². The second-order valence-electron chi connectivity index (χ2n) is 6.96. The van der Waals surface area contributed by atoms with Crippen LogP contribution in [0.4, 0.5) is 0 Å². The van der Waals surface area contributed by atoms with Gasteiger partial charge in [-0.05, 0) is 37.2 Å². The minimum atomic E-state index is 0.0659. The average Bonchev–Trinajstić information content (AvgIpc) is 2.61. The van der Waals surface area contributed by atoms with Crippen LogP contribution in [0, 0.1) is 5.41 Å². The maximum absolute atomic E-state index is 9.71. The Morgan fingerprint density at radius 1 is 1.28 bits per heavy atom. The van der Waals surface area contributed by atoms with Crippen LogP contribution in [0.2, 0.25) is 0 Å². The molecule has 1 aromatic rings. The maximum atomic E-state index is 9.71. The van der Waals surface area contributed by atoms with Gasteiger partial charge in [0.1, 0.15) is 0 Å². The van der Waals surface area contributed by atoms with E-state index in [4.69, 9.17) is 9.73 Å².